The first kappa shape index (κ1) is 13.4. The minimum atomic E-state index is -4.30. The van der Waals surface area contributed by atoms with Crippen molar-refractivity contribution in [1.82, 2.24) is 0 Å². The number of benzene rings is 1. The van der Waals surface area contributed by atoms with E-state index in [-0.39, 0.29) is 0 Å². The molecule has 0 aromatic heterocycles. The Hall–Kier alpha value is 0.330. The van der Waals surface area contributed by atoms with E-state index in [0.29, 0.717) is 5.56 Å². The summed E-state index contributed by atoms with van der Waals surface area (Å²) in [7, 11) is -4.30. The average Bonchev–Trinajstić information content (AvgIpc) is 2.16. The molecule has 0 saturated heterocycles. The molecule has 1 aromatic rings. The Bertz CT molecular complexity index is 376. The van der Waals surface area contributed by atoms with E-state index < -0.39 is 16.5 Å². The Labute approximate surface area is 105 Å². The van der Waals surface area contributed by atoms with Gasteiger partial charge in [-0.15, -0.1) is 0 Å². The van der Waals surface area contributed by atoms with Gasteiger partial charge in [-0.05, 0) is 5.56 Å². The predicted octanol–water partition coefficient (Wildman–Crippen LogP) is 3.20. The highest BCUT2D eigenvalue weighted by Crippen LogP contribution is 2.64. The topological polar surface area (TPSA) is 57.5 Å². The van der Waals surface area contributed by atoms with E-state index in [0.717, 1.165) is 0 Å². The molecule has 2 unspecified atom stereocenters. The van der Waals surface area contributed by atoms with E-state index in [1.54, 1.807) is 37.3 Å². The van der Waals surface area contributed by atoms with Crippen molar-refractivity contribution < 1.29 is 14.4 Å². The first-order valence-corrected chi connectivity index (χ1v) is 7.56. The molecule has 0 heterocycles. The van der Waals surface area contributed by atoms with Crippen molar-refractivity contribution in [3.8, 4) is 0 Å². The summed E-state index contributed by atoms with van der Waals surface area (Å²) in [5.41, 5.74) is 0.558. The first-order chi connectivity index (χ1) is 6.80. The van der Waals surface area contributed by atoms with E-state index in [2.05, 4.69) is 31.9 Å². The molecule has 0 radical (unpaired) electrons. The second-order valence-corrected chi connectivity index (χ2v) is 8.23. The van der Waals surface area contributed by atoms with E-state index in [1.807, 2.05) is 0 Å². The maximum Gasteiger partial charge on any atom is 0.347 e. The monoisotopic (exact) mass is 356 g/mol. The average molecular weight is 358 g/mol. The fourth-order valence-corrected chi connectivity index (χ4v) is 3.58. The Kier molecular flexibility index (Phi) is 4.18. The van der Waals surface area contributed by atoms with E-state index in [4.69, 9.17) is 0 Å². The van der Waals surface area contributed by atoms with Crippen LogP contribution in [0.5, 0.6) is 0 Å². The largest absolute Gasteiger partial charge is 0.347 e. The zero-order chi connectivity index (χ0) is 11.7. The van der Waals surface area contributed by atoms with Gasteiger partial charge in [0.1, 0.15) is 0 Å². The zero-order valence-electron chi connectivity index (χ0n) is 7.97. The third-order valence-electron chi connectivity index (χ3n) is 2.13. The van der Waals surface area contributed by atoms with Crippen LogP contribution in [-0.2, 0) is 8.63 Å². The molecule has 1 aromatic carbocycles. The van der Waals surface area contributed by atoms with Crippen LogP contribution in [0.25, 0.3) is 0 Å². The number of hydrogen-bond acceptors (Lipinski definition) is 1. The lowest BCUT2D eigenvalue weighted by Crippen LogP contribution is -2.27. The van der Waals surface area contributed by atoms with E-state index in [1.165, 1.54) is 0 Å². The quantitative estimate of drug-likeness (QED) is 0.645. The molecule has 0 fully saturated rings. The molecule has 0 aliphatic rings. The summed E-state index contributed by atoms with van der Waals surface area (Å²) in [4.78, 5) is 18.4. The zero-order valence-corrected chi connectivity index (χ0v) is 12.0. The summed E-state index contributed by atoms with van der Waals surface area (Å²) in [5.74, 6) is 0. The SMILES string of the molecule is CC(Br)C(Br)(c1ccccc1)P(=O)(O)O. The molecule has 1 rings (SSSR count). The maximum atomic E-state index is 11.5. The Morgan fingerprint density at radius 1 is 1.33 bits per heavy atom. The first-order valence-electron chi connectivity index (χ1n) is 4.24. The van der Waals surface area contributed by atoms with Crippen molar-refractivity contribution in [2.24, 2.45) is 0 Å². The fourth-order valence-electron chi connectivity index (χ4n) is 1.30. The normalized spacial score (nSPS) is 18.2. The van der Waals surface area contributed by atoms with Crippen LogP contribution in [-0.4, -0.2) is 14.6 Å². The van der Waals surface area contributed by atoms with E-state index >= 15 is 0 Å². The molecule has 0 saturated carbocycles. The van der Waals surface area contributed by atoms with Gasteiger partial charge in [0.05, 0.1) is 0 Å². The number of rotatable bonds is 3. The Morgan fingerprint density at radius 3 is 2.13 bits per heavy atom. The molecule has 2 N–H and O–H groups in total. The molecular formula is C9H11Br2O3P. The highest BCUT2D eigenvalue weighted by molar-refractivity contribution is 9.13. The van der Waals surface area contributed by atoms with Gasteiger partial charge in [0.2, 0.25) is 0 Å². The number of halogens is 2. The van der Waals surface area contributed by atoms with Gasteiger partial charge in [-0.1, -0.05) is 69.1 Å². The van der Waals surface area contributed by atoms with Crippen LogP contribution in [0.15, 0.2) is 30.3 Å². The van der Waals surface area contributed by atoms with Crippen molar-refractivity contribution in [2.45, 2.75) is 15.8 Å². The van der Waals surface area contributed by atoms with Crippen molar-refractivity contribution >= 4 is 39.5 Å². The number of hydrogen-bond donors (Lipinski definition) is 2. The summed E-state index contributed by atoms with van der Waals surface area (Å²) < 4.78 is 10.1. The Balaban J connectivity index is 3.33. The highest BCUT2D eigenvalue weighted by atomic mass is 79.9. The second-order valence-electron chi connectivity index (χ2n) is 3.20. The fraction of sp³-hybridized carbons (Fsp3) is 0.333. The summed E-state index contributed by atoms with van der Waals surface area (Å²) in [6.45, 7) is 1.70. The van der Waals surface area contributed by atoms with Gasteiger partial charge < -0.3 is 9.79 Å². The Morgan fingerprint density at radius 2 is 1.80 bits per heavy atom. The van der Waals surface area contributed by atoms with Crippen molar-refractivity contribution in [1.29, 1.82) is 0 Å². The van der Waals surface area contributed by atoms with Crippen LogP contribution in [0.1, 0.15) is 12.5 Å². The van der Waals surface area contributed by atoms with Crippen LogP contribution in [0.3, 0.4) is 0 Å². The summed E-state index contributed by atoms with van der Waals surface area (Å²) in [5, 5.41) is 0. The molecule has 0 spiro atoms. The molecule has 0 aliphatic carbocycles. The van der Waals surface area contributed by atoms with E-state index in [9.17, 15) is 14.4 Å². The third-order valence-corrected chi connectivity index (χ3v) is 7.81. The minimum Gasteiger partial charge on any atom is -0.323 e. The maximum absolute atomic E-state index is 11.5. The lowest BCUT2D eigenvalue weighted by molar-refractivity contribution is 0.353. The predicted molar refractivity (Wildman–Crippen MR) is 67.5 cm³/mol. The van der Waals surface area contributed by atoms with Crippen LogP contribution >= 0.6 is 39.5 Å². The lowest BCUT2D eigenvalue weighted by Gasteiger charge is -2.31. The summed E-state index contributed by atoms with van der Waals surface area (Å²) >= 11 is 6.40. The molecule has 0 amide bonds. The van der Waals surface area contributed by atoms with Crippen LogP contribution in [0.4, 0.5) is 0 Å². The molecule has 0 aliphatic heterocycles. The molecule has 6 heteroatoms. The molecule has 0 bridgehead atoms. The third kappa shape index (κ3) is 2.53. The summed E-state index contributed by atoms with van der Waals surface area (Å²) in [6, 6.07) is 8.67. The summed E-state index contributed by atoms with van der Waals surface area (Å²) in [6.07, 6.45) is 0. The minimum absolute atomic E-state index is 0.395. The molecule has 3 nitrogen and oxygen atoms in total. The van der Waals surface area contributed by atoms with Crippen molar-refractivity contribution in [3.05, 3.63) is 35.9 Å². The molecule has 2 atom stereocenters. The van der Waals surface area contributed by atoms with Gasteiger partial charge >= 0.3 is 7.60 Å². The van der Waals surface area contributed by atoms with Gasteiger partial charge in [0, 0.05) is 4.83 Å². The van der Waals surface area contributed by atoms with Crippen LogP contribution < -0.4 is 0 Å². The van der Waals surface area contributed by atoms with Crippen LogP contribution in [0.2, 0.25) is 0 Å². The van der Waals surface area contributed by atoms with Crippen LogP contribution in [0, 0.1) is 0 Å². The van der Waals surface area contributed by atoms with Crippen molar-refractivity contribution in [2.75, 3.05) is 0 Å². The van der Waals surface area contributed by atoms with Gasteiger partial charge in [0.15, 0.2) is 4.07 Å². The van der Waals surface area contributed by atoms with Crippen molar-refractivity contribution in [3.63, 3.8) is 0 Å². The molecular weight excluding hydrogens is 347 g/mol. The van der Waals surface area contributed by atoms with Gasteiger partial charge in [0.25, 0.3) is 0 Å². The molecule has 84 valence electrons. The van der Waals surface area contributed by atoms with Gasteiger partial charge in [-0.2, -0.15) is 0 Å². The van der Waals surface area contributed by atoms with Gasteiger partial charge in [-0.3, -0.25) is 4.57 Å². The second kappa shape index (κ2) is 4.68. The highest BCUT2D eigenvalue weighted by Gasteiger charge is 2.49. The van der Waals surface area contributed by atoms with Gasteiger partial charge in [-0.25, -0.2) is 0 Å². The smallest absolute Gasteiger partial charge is 0.323 e. The lowest BCUT2D eigenvalue weighted by atomic mass is 10.1. The number of alkyl halides is 2. The molecule has 15 heavy (non-hydrogen) atoms. The standard InChI is InChI=1S/C9H11Br2O3P/c1-7(10)9(11,15(12,13)14)8-5-3-2-4-6-8/h2-7H,1H3,(H2,12,13,14).